The third-order valence-electron chi connectivity index (χ3n) is 1.64. The maximum Gasteiger partial charge on any atom is 0.226 e. The zero-order valence-electron chi connectivity index (χ0n) is 8.41. The number of carbonyl (C=O) groups is 1. The van der Waals surface area contributed by atoms with Gasteiger partial charge in [-0.3, -0.25) is 4.79 Å². The molecule has 0 aliphatic heterocycles. The van der Waals surface area contributed by atoms with E-state index in [1.54, 1.807) is 13.0 Å². The molecule has 1 aromatic heterocycles. The van der Waals surface area contributed by atoms with Gasteiger partial charge in [0.15, 0.2) is 0 Å². The second-order valence-corrected chi connectivity index (χ2v) is 3.39. The molecule has 1 amide bonds. The van der Waals surface area contributed by atoms with Crippen LogP contribution in [0.4, 0.5) is 0 Å². The van der Waals surface area contributed by atoms with Crippen LogP contribution in [-0.2, 0) is 11.2 Å². The van der Waals surface area contributed by atoms with Crippen molar-refractivity contribution in [1.82, 2.24) is 10.5 Å². The Bertz CT molecular complexity index is 307. The molecule has 3 N–H and O–H groups in total. The van der Waals surface area contributed by atoms with Gasteiger partial charge in [0.05, 0.1) is 12.1 Å². The quantitative estimate of drug-likeness (QED) is 0.711. The molecule has 5 heteroatoms. The fourth-order valence-corrected chi connectivity index (χ4v) is 1.00. The number of aromatic nitrogens is 1. The molecule has 0 fully saturated rings. The fourth-order valence-electron chi connectivity index (χ4n) is 1.00. The van der Waals surface area contributed by atoms with E-state index in [9.17, 15) is 4.79 Å². The number of hydrogen-bond donors (Lipinski definition) is 2. The molecule has 0 bridgehead atoms. The van der Waals surface area contributed by atoms with Crippen molar-refractivity contribution in [3.8, 4) is 0 Å². The van der Waals surface area contributed by atoms with Crippen LogP contribution in [0.1, 0.15) is 18.4 Å². The first kappa shape index (κ1) is 10.7. The summed E-state index contributed by atoms with van der Waals surface area (Å²) in [5.41, 5.74) is 6.13. The van der Waals surface area contributed by atoms with Crippen molar-refractivity contribution in [3.63, 3.8) is 0 Å². The number of amides is 1. The molecule has 0 aromatic carbocycles. The Hall–Kier alpha value is -1.36. The lowest BCUT2D eigenvalue weighted by Gasteiger charge is -2.05. The van der Waals surface area contributed by atoms with Crippen molar-refractivity contribution >= 4 is 5.91 Å². The van der Waals surface area contributed by atoms with Crippen LogP contribution in [0.2, 0.25) is 0 Å². The van der Waals surface area contributed by atoms with Crippen LogP contribution in [0, 0.1) is 6.92 Å². The van der Waals surface area contributed by atoms with Gasteiger partial charge in [0, 0.05) is 18.7 Å². The summed E-state index contributed by atoms with van der Waals surface area (Å²) in [6.45, 7) is 4.10. The minimum absolute atomic E-state index is 0.0296. The number of hydrogen-bond acceptors (Lipinski definition) is 4. The van der Waals surface area contributed by atoms with Crippen molar-refractivity contribution in [2.24, 2.45) is 5.73 Å². The molecule has 14 heavy (non-hydrogen) atoms. The highest BCUT2D eigenvalue weighted by Gasteiger charge is 2.07. The van der Waals surface area contributed by atoms with Gasteiger partial charge in [-0.15, -0.1) is 0 Å². The van der Waals surface area contributed by atoms with Crippen LogP contribution in [0.5, 0.6) is 0 Å². The van der Waals surface area contributed by atoms with Gasteiger partial charge in [0.25, 0.3) is 0 Å². The van der Waals surface area contributed by atoms with Gasteiger partial charge in [-0.25, -0.2) is 0 Å². The number of nitrogens with zero attached hydrogens (tertiary/aromatic N) is 1. The molecule has 5 nitrogen and oxygen atoms in total. The Labute approximate surface area is 82.6 Å². The molecular formula is C9H15N3O2. The van der Waals surface area contributed by atoms with Gasteiger partial charge in [0.2, 0.25) is 5.91 Å². The molecule has 1 heterocycles. The first-order chi connectivity index (χ1) is 6.58. The summed E-state index contributed by atoms with van der Waals surface area (Å²) in [5, 5.41) is 6.41. The van der Waals surface area contributed by atoms with Crippen LogP contribution in [0.15, 0.2) is 10.6 Å². The minimum Gasteiger partial charge on any atom is -0.361 e. The zero-order valence-corrected chi connectivity index (χ0v) is 8.41. The van der Waals surface area contributed by atoms with Crippen LogP contribution < -0.4 is 11.1 Å². The molecule has 1 atom stereocenters. The molecule has 0 saturated carbocycles. The second-order valence-electron chi connectivity index (χ2n) is 3.39. The number of carbonyl (C=O) groups excluding carboxylic acids is 1. The van der Waals surface area contributed by atoms with Crippen molar-refractivity contribution in [1.29, 1.82) is 0 Å². The van der Waals surface area contributed by atoms with Gasteiger partial charge >= 0.3 is 0 Å². The lowest BCUT2D eigenvalue weighted by molar-refractivity contribution is -0.120. The molecule has 0 spiro atoms. The summed E-state index contributed by atoms with van der Waals surface area (Å²) in [6, 6.07) is 1.71. The molecule has 1 rings (SSSR count). The Morgan fingerprint density at radius 3 is 3.00 bits per heavy atom. The van der Waals surface area contributed by atoms with Crippen LogP contribution in [0.25, 0.3) is 0 Å². The Morgan fingerprint density at radius 1 is 1.79 bits per heavy atom. The van der Waals surface area contributed by atoms with Crippen LogP contribution >= 0.6 is 0 Å². The van der Waals surface area contributed by atoms with Gasteiger partial charge < -0.3 is 15.6 Å². The highest BCUT2D eigenvalue weighted by Crippen LogP contribution is 2.01. The average Bonchev–Trinajstić information content (AvgIpc) is 2.48. The Kier molecular flexibility index (Phi) is 3.64. The van der Waals surface area contributed by atoms with Gasteiger partial charge in [-0.2, -0.15) is 0 Å². The topological polar surface area (TPSA) is 81.2 Å². The SMILES string of the molecule is Cc1cc(CC(=O)NCC(C)N)no1. The molecule has 0 aliphatic carbocycles. The van der Waals surface area contributed by atoms with E-state index in [1.165, 1.54) is 0 Å². The van der Waals surface area contributed by atoms with E-state index in [0.29, 0.717) is 18.0 Å². The lowest BCUT2D eigenvalue weighted by Crippen LogP contribution is -2.35. The van der Waals surface area contributed by atoms with E-state index in [1.807, 2.05) is 6.92 Å². The maximum atomic E-state index is 11.3. The van der Waals surface area contributed by atoms with Crippen molar-refractivity contribution in [3.05, 3.63) is 17.5 Å². The molecule has 0 saturated heterocycles. The van der Waals surface area contributed by atoms with Crippen molar-refractivity contribution in [2.45, 2.75) is 26.3 Å². The van der Waals surface area contributed by atoms with Crippen LogP contribution in [-0.4, -0.2) is 23.7 Å². The summed E-state index contributed by atoms with van der Waals surface area (Å²) in [4.78, 5) is 11.3. The average molecular weight is 197 g/mol. The van der Waals surface area contributed by atoms with Gasteiger partial charge in [-0.05, 0) is 13.8 Å². The highest BCUT2D eigenvalue weighted by atomic mass is 16.5. The summed E-state index contributed by atoms with van der Waals surface area (Å²) in [5.74, 6) is 0.621. The lowest BCUT2D eigenvalue weighted by atomic mass is 10.2. The molecule has 0 radical (unpaired) electrons. The third kappa shape index (κ3) is 3.57. The number of aryl methyl sites for hydroxylation is 1. The van der Waals surface area contributed by atoms with Crippen molar-refractivity contribution < 1.29 is 9.32 Å². The fraction of sp³-hybridized carbons (Fsp3) is 0.556. The first-order valence-electron chi connectivity index (χ1n) is 4.52. The monoisotopic (exact) mass is 197 g/mol. The van der Waals surface area contributed by atoms with E-state index in [2.05, 4.69) is 10.5 Å². The standard InChI is InChI=1S/C9H15N3O2/c1-6(10)5-11-9(13)4-8-3-7(2)14-12-8/h3,6H,4-5,10H2,1-2H3,(H,11,13). The van der Waals surface area contributed by atoms with E-state index < -0.39 is 0 Å². The largest absolute Gasteiger partial charge is 0.361 e. The minimum atomic E-state index is -0.0874. The normalized spacial score (nSPS) is 12.5. The summed E-state index contributed by atoms with van der Waals surface area (Å²) < 4.78 is 4.84. The number of nitrogens with two attached hydrogens (primary N) is 1. The van der Waals surface area contributed by atoms with E-state index in [-0.39, 0.29) is 18.4 Å². The van der Waals surface area contributed by atoms with Crippen LogP contribution in [0.3, 0.4) is 0 Å². The molecule has 1 aromatic rings. The van der Waals surface area contributed by atoms with E-state index in [4.69, 9.17) is 10.3 Å². The van der Waals surface area contributed by atoms with E-state index >= 15 is 0 Å². The first-order valence-corrected chi connectivity index (χ1v) is 4.52. The predicted octanol–water partition coefficient (Wildman–Crippen LogP) is -0.0111. The Balaban J connectivity index is 2.34. The third-order valence-corrected chi connectivity index (χ3v) is 1.64. The molecule has 78 valence electrons. The van der Waals surface area contributed by atoms with Gasteiger partial charge in [0.1, 0.15) is 5.76 Å². The summed E-state index contributed by atoms with van der Waals surface area (Å²) in [7, 11) is 0. The smallest absolute Gasteiger partial charge is 0.226 e. The van der Waals surface area contributed by atoms with Gasteiger partial charge in [-0.1, -0.05) is 5.16 Å². The Morgan fingerprint density at radius 2 is 2.50 bits per heavy atom. The second kappa shape index (κ2) is 4.76. The summed E-state index contributed by atoms with van der Waals surface area (Å²) in [6.07, 6.45) is 0.240. The molecule has 0 aliphatic rings. The highest BCUT2D eigenvalue weighted by molar-refractivity contribution is 5.78. The molecular weight excluding hydrogens is 182 g/mol. The van der Waals surface area contributed by atoms with Crippen molar-refractivity contribution in [2.75, 3.05) is 6.54 Å². The zero-order chi connectivity index (χ0) is 10.6. The molecule has 1 unspecified atom stereocenters. The number of rotatable bonds is 4. The number of nitrogens with one attached hydrogen (secondary N) is 1. The van der Waals surface area contributed by atoms with E-state index in [0.717, 1.165) is 0 Å². The maximum absolute atomic E-state index is 11.3. The summed E-state index contributed by atoms with van der Waals surface area (Å²) >= 11 is 0. The predicted molar refractivity (Wildman–Crippen MR) is 51.6 cm³/mol.